The number of carbonyl (C=O) groups is 1. The number of hydrogen-bond acceptors (Lipinski definition) is 7. The number of nitrogens with one attached hydrogen (secondary N) is 2. The van der Waals surface area contributed by atoms with Gasteiger partial charge in [-0.15, -0.1) is 4.28 Å². The molecule has 27 heavy (non-hydrogen) atoms. The number of urea groups is 1. The van der Waals surface area contributed by atoms with E-state index in [1.807, 2.05) is 6.92 Å². The molecular formula is C14H18N4O7S2. The van der Waals surface area contributed by atoms with Crippen molar-refractivity contribution in [1.82, 2.24) is 14.7 Å². The van der Waals surface area contributed by atoms with Gasteiger partial charge in [0.1, 0.15) is 5.84 Å². The van der Waals surface area contributed by atoms with Crippen molar-refractivity contribution in [1.29, 1.82) is 5.41 Å². The minimum absolute atomic E-state index is 0.0179. The third-order valence-electron chi connectivity index (χ3n) is 4.41. The average Bonchev–Trinajstić information content (AvgIpc) is 2.78. The Morgan fingerprint density at radius 3 is 2.44 bits per heavy atom. The van der Waals surface area contributed by atoms with Crippen LogP contribution in [0.1, 0.15) is 18.4 Å². The Morgan fingerprint density at radius 2 is 1.85 bits per heavy atom. The quantitative estimate of drug-likeness (QED) is 0.351. The lowest BCUT2D eigenvalue weighted by Crippen LogP contribution is -2.50. The lowest BCUT2D eigenvalue weighted by atomic mass is 10.0. The van der Waals surface area contributed by atoms with Gasteiger partial charge in [0.2, 0.25) is 0 Å². The summed E-state index contributed by atoms with van der Waals surface area (Å²) in [5.74, 6) is -0.406. The molecule has 1 aromatic rings. The van der Waals surface area contributed by atoms with Crippen LogP contribution < -0.4 is 4.72 Å². The van der Waals surface area contributed by atoms with Crippen LogP contribution in [0.15, 0.2) is 29.2 Å². The number of amides is 2. The molecule has 2 aliphatic rings. The number of carbonyl (C=O) groups excluding carboxylic acids is 1. The van der Waals surface area contributed by atoms with Crippen molar-refractivity contribution < 1.29 is 30.5 Å². The molecule has 0 aliphatic carbocycles. The Morgan fingerprint density at radius 1 is 1.22 bits per heavy atom. The maximum Gasteiger partial charge on any atom is 0.418 e. The van der Waals surface area contributed by atoms with Crippen LogP contribution >= 0.6 is 0 Å². The van der Waals surface area contributed by atoms with Crippen LogP contribution in [0.4, 0.5) is 4.79 Å². The summed E-state index contributed by atoms with van der Waals surface area (Å²) in [6, 6.07) is 3.70. The minimum Gasteiger partial charge on any atom is -0.310 e. The van der Waals surface area contributed by atoms with E-state index >= 15 is 0 Å². The molecule has 0 saturated carbocycles. The summed E-state index contributed by atoms with van der Waals surface area (Å²) >= 11 is 0. The molecule has 0 radical (unpaired) electrons. The number of aryl methyl sites for hydroxylation is 1. The summed E-state index contributed by atoms with van der Waals surface area (Å²) in [6.45, 7) is 1.86. The van der Waals surface area contributed by atoms with Gasteiger partial charge in [-0.2, -0.15) is 13.5 Å². The molecule has 3 N–H and O–H groups in total. The van der Waals surface area contributed by atoms with Crippen molar-refractivity contribution in [3.05, 3.63) is 29.8 Å². The number of rotatable bonds is 5. The van der Waals surface area contributed by atoms with Crippen LogP contribution in [0.25, 0.3) is 0 Å². The van der Waals surface area contributed by atoms with E-state index in [9.17, 15) is 21.6 Å². The highest BCUT2D eigenvalue weighted by molar-refractivity contribution is 7.90. The minimum atomic E-state index is -4.87. The number of benzene rings is 1. The molecule has 0 unspecified atom stereocenters. The van der Waals surface area contributed by atoms with Gasteiger partial charge in [0, 0.05) is 6.54 Å². The zero-order chi connectivity index (χ0) is 20.0. The largest absolute Gasteiger partial charge is 0.418 e. The fourth-order valence-corrected chi connectivity index (χ4v) is 4.55. The molecule has 2 fully saturated rings. The van der Waals surface area contributed by atoms with Crippen molar-refractivity contribution in [2.45, 2.75) is 36.7 Å². The first kappa shape index (κ1) is 19.5. The average molecular weight is 418 g/mol. The van der Waals surface area contributed by atoms with Gasteiger partial charge in [0.15, 0.2) is 0 Å². The van der Waals surface area contributed by atoms with Crippen molar-refractivity contribution in [2.24, 2.45) is 0 Å². The fraction of sp³-hybridized carbons (Fsp3) is 0.429. The Kier molecular flexibility index (Phi) is 4.88. The molecule has 2 saturated heterocycles. The zero-order valence-electron chi connectivity index (χ0n) is 14.2. The van der Waals surface area contributed by atoms with Crippen molar-refractivity contribution in [3.8, 4) is 0 Å². The number of hydrogen-bond donors (Lipinski definition) is 3. The van der Waals surface area contributed by atoms with E-state index in [0.717, 1.165) is 10.5 Å². The van der Waals surface area contributed by atoms with Gasteiger partial charge in [0.05, 0.1) is 17.0 Å². The summed E-state index contributed by atoms with van der Waals surface area (Å²) in [6.07, 6.45) is 0.508. The van der Waals surface area contributed by atoms with E-state index in [0.29, 0.717) is 5.06 Å². The van der Waals surface area contributed by atoms with Gasteiger partial charge in [-0.3, -0.25) is 14.7 Å². The van der Waals surface area contributed by atoms with Gasteiger partial charge in [-0.25, -0.2) is 13.2 Å². The third-order valence-corrected chi connectivity index (χ3v) is 6.14. The monoisotopic (exact) mass is 418 g/mol. The van der Waals surface area contributed by atoms with Gasteiger partial charge in [0.25, 0.3) is 10.0 Å². The van der Waals surface area contributed by atoms with Gasteiger partial charge in [-0.05, 0) is 31.9 Å². The van der Waals surface area contributed by atoms with E-state index < -0.39 is 44.4 Å². The van der Waals surface area contributed by atoms with Gasteiger partial charge in [-0.1, -0.05) is 17.7 Å². The second kappa shape index (κ2) is 6.74. The first-order valence-corrected chi connectivity index (χ1v) is 10.8. The van der Waals surface area contributed by atoms with E-state index in [1.165, 1.54) is 12.1 Å². The predicted octanol–water partition coefficient (Wildman–Crippen LogP) is 0.254. The van der Waals surface area contributed by atoms with E-state index in [1.54, 1.807) is 12.1 Å². The number of hydroxylamine groups is 2. The molecule has 11 nitrogen and oxygen atoms in total. The van der Waals surface area contributed by atoms with Gasteiger partial charge < -0.3 is 4.90 Å². The molecule has 2 aliphatic heterocycles. The molecular weight excluding hydrogens is 400 g/mol. The predicted molar refractivity (Wildman–Crippen MR) is 92.6 cm³/mol. The second-order valence-electron chi connectivity index (χ2n) is 6.34. The Labute approximate surface area is 156 Å². The van der Waals surface area contributed by atoms with Crippen LogP contribution in [0.5, 0.6) is 0 Å². The SMILES string of the molecule is Cc1ccc(S(=O)(=O)NC(=N)[C@@H]2CC[C@@H]3CN2C(=O)N3OS(=O)(=O)O)cc1. The van der Waals surface area contributed by atoms with Crippen molar-refractivity contribution in [3.63, 3.8) is 0 Å². The first-order chi connectivity index (χ1) is 12.5. The molecule has 0 spiro atoms. The lowest BCUT2D eigenvalue weighted by Gasteiger charge is -2.30. The Balaban J connectivity index is 1.75. The smallest absolute Gasteiger partial charge is 0.310 e. The molecule has 13 heteroatoms. The van der Waals surface area contributed by atoms with Crippen molar-refractivity contribution >= 4 is 32.3 Å². The van der Waals surface area contributed by atoms with E-state index in [2.05, 4.69) is 9.01 Å². The molecule has 2 bridgehead atoms. The second-order valence-corrected chi connectivity index (χ2v) is 9.03. The van der Waals surface area contributed by atoms with Crippen LogP contribution in [-0.4, -0.2) is 61.8 Å². The third kappa shape index (κ3) is 4.05. The summed E-state index contributed by atoms with van der Waals surface area (Å²) in [7, 11) is -8.87. The van der Waals surface area contributed by atoms with Crippen molar-refractivity contribution in [2.75, 3.05) is 6.54 Å². The summed E-state index contributed by atoms with van der Waals surface area (Å²) in [5, 5.41) is 8.65. The zero-order valence-corrected chi connectivity index (χ0v) is 15.8. The van der Waals surface area contributed by atoms with Crippen LogP contribution in [-0.2, 0) is 24.7 Å². The van der Waals surface area contributed by atoms with Gasteiger partial charge >= 0.3 is 16.4 Å². The number of nitrogens with zero attached hydrogens (tertiary/aromatic N) is 2. The van der Waals surface area contributed by atoms with Crippen LogP contribution in [0, 0.1) is 12.3 Å². The van der Waals surface area contributed by atoms with Crippen LogP contribution in [0.2, 0.25) is 0 Å². The molecule has 2 atom stereocenters. The molecule has 2 heterocycles. The maximum atomic E-state index is 12.4. The highest BCUT2D eigenvalue weighted by Crippen LogP contribution is 2.31. The molecule has 1 aromatic carbocycles. The fourth-order valence-electron chi connectivity index (χ4n) is 3.12. The standard InChI is InChI=1S/C14H18N4O7S2/c1-9-2-5-11(6-3-9)26(20,21)16-13(15)12-7-4-10-8-17(12)14(19)18(10)25-27(22,23)24/h2-3,5-6,10,12H,4,7-8H2,1H3,(H2,15,16)(H,22,23,24)/t10-,12+/m1/s1. The molecule has 148 valence electrons. The normalized spacial score (nSPS) is 22.8. The van der Waals surface area contributed by atoms with E-state index in [4.69, 9.17) is 9.96 Å². The maximum absolute atomic E-state index is 12.4. The number of sulfonamides is 1. The molecule has 2 amide bonds. The van der Waals surface area contributed by atoms with Crippen LogP contribution in [0.3, 0.4) is 0 Å². The summed E-state index contributed by atoms with van der Waals surface area (Å²) in [5.41, 5.74) is 0.879. The topological polar surface area (TPSA) is 157 Å². The molecule has 0 aromatic heterocycles. The number of piperidine rings is 1. The summed E-state index contributed by atoms with van der Waals surface area (Å²) in [4.78, 5) is 13.5. The Hall–Kier alpha value is -2.22. The lowest BCUT2D eigenvalue weighted by molar-refractivity contribution is -0.0316. The highest BCUT2D eigenvalue weighted by Gasteiger charge is 2.48. The first-order valence-electron chi connectivity index (χ1n) is 7.93. The number of amidine groups is 1. The molecule has 3 rings (SSSR count). The number of fused-ring (bicyclic) bond motifs is 2. The summed E-state index contributed by atoms with van der Waals surface area (Å²) < 4.78 is 61.9. The highest BCUT2D eigenvalue weighted by atomic mass is 32.3. The van der Waals surface area contributed by atoms with E-state index in [-0.39, 0.29) is 24.3 Å². The Bertz CT molecular complexity index is 975.